The molecule has 0 rings (SSSR count). The molecule has 0 radical (unpaired) electrons. The molecule has 5 heteroatoms. The molecule has 74 valence electrons. The molecule has 0 spiro atoms. The van der Waals surface area contributed by atoms with Gasteiger partial charge in [0.25, 0.3) is 0 Å². The van der Waals surface area contributed by atoms with Crippen LogP contribution in [-0.2, 0) is 10.0 Å². The van der Waals surface area contributed by atoms with Gasteiger partial charge >= 0.3 is 0 Å². The first-order valence-electron chi connectivity index (χ1n) is 4.01. The predicted octanol–water partition coefficient (Wildman–Crippen LogP) is 1.44. The topological polar surface area (TPSA) is 37.4 Å². The number of alkyl halides is 1. The van der Waals surface area contributed by atoms with Crippen LogP contribution in [0.3, 0.4) is 0 Å². The van der Waals surface area contributed by atoms with E-state index in [0.29, 0.717) is 18.4 Å². The summed E-state index contributed by atoms with van der Waals surface area (Å²) < 4.78 is 24.6. The Labute approximate surface area is 83.3 Å². The largest absolute Gasteiger partial charge is 0.216 e. The highest BCUT2D eigenvalue weighted by molar-refractivity contribution is 9.09. The summed E-state index contributed by atoms with van der Waals surface area (Å²) in [4.78, 5) is 0. The first-order valence-corrected chi connectivity index (χ1v) is 6.64. The number of nitrogens with zero attached hydrogens (tertiary/aromatic N) is 1. The maximum atomic E-state index is 11.6. The summed E-state index contributed by atoms with van der Waals surface area (Å²) in [5.41, 5.74) is 0. The average Bonchev–Trinajstić information content (AvgIpc) is 1.99. The molecule has 0 bridgehead atoms. The Hall–Kier alpha value is 0.390. The SMILES string of the molecule is CCN(CCBr)S(=O)(=O)C(C)C. The van der Waals surface area contributed by atoms with Crippen LogP contribution >= 0.6 is 15.9 Å². The van der Waals surface area contributed by atoms with Gasteiger partial charge < -0.3 is 0 Å². The molecule has 0 aliphatic rings. The Bertz CT molecular complexity index is 213. The smallest absolute Gasteiger partial charge is 0.212 e. The van der Waals surface area contributed by atoms with Gasteiger partial charge in [0, 0.05) is 18.4 Å². The lowest BCUT2D eigenvalue weighted by molar-refractivity contribution is 0.442. The number of hydrogen-bond donors (Lipinski definition) is 0. The third-order valence-electron chi connectivity index (χ3n) is 1.64. The summed E-state index contributed by atoms with van der Waals surface area (Å²) in [6.07, 6.45) is 0. The third-order valence-corrected chi connectivity index (χ3v) is 4.35. The van der Waals surface area contributed by atoms with Crippen LogP contribution < -0.4 is 0 Å². The standard InChI is InChI=1S/C7H16BrNO2S/c1-4-9(6-5-8)12(10,11)7(2)3/h7H,4-6H2,1-3H3. The second-order valence-electron chi connectivity index (χ2n) is 2.77. The molecule has 0 atom stereocenters. The molecule has 0 saturated carbocycles. The molecule has 0 aromatic heterocycles. The number of rotatable bonds is 5. The Morgan fingerprint density at radius 2 is 1.92 bits per heavy atom. The summed E-state index contributed by atoms with van der Waals surface area (Å²) in [6.45, 7) is 6.35. The number of halogens is 1. The average molecular weight is 258 g/mol. The highest BCUT2D eigenvalue weighted by atomic mass is 79.9. The molecule has 3 nitrogen and oxygen atoms in total. The van der Waals surface area contributed by atoms with E-state index in [1.165, 1.54) is 4.31 Å². The zero-order valence-electron chi connectivity index (χ0n) is 7.75. The van der Waals surface area contributed by atoms with E-state index in [1.807, 2.05) is 6.92 Å². The summed E-state index contributed by atoms with van der Waals surface area (Å²) >= 11 is 3.23. The van der Waals surface area contributed by atoms with Crippen molar-refractivity contribution in [2.45, 2.75) is 26.0 Å². The van der Waals surface area contributed by atoms with Crippen molar-refractivity contribution in [3.63, 3.8) is 0 Å². The molecule has 0 aliphatic heterocycles. The van der Waals surface area contributed by atoms with Crippen LogP contribution in [-0.4, -0.2) is 36.4 Å². The lowest BCUT2D eigenvalue weighted by Gasteiger charge is -2.21. The van der Waals surface area contributed by atoms with Crippen LogP contribution in [0.5, 0.6) is 0 Å². The van der Waals surface area contributed by atoms with Gasteiger partial charge in [0.2, 0.25) is 10.0 Å². The Balaban J connectivity index is 4.49. The zero-order valence-corrected chi connectivity index (χ0v) is 10.2. The predicted molar refractivity (Wildman–Crippen MR) is 55.1 cm³/mol. The zero-order chi connectivity index (χ0) is 9.78. The molecule has 0 N–H and O–H groups in total. The first-order chi connectivity index (χ1) is 5.46. The fourth-order valence-corrected chi connectivity index (χ4v) is 2.82. The van der Waals surface area contributed by atoms with E-state index in [4.69, 9.17) is 0 Å². The minimum atomic E-state index is -3.05. The molecule has 0 fully saturated rings. The van der Waals surface area contributed by atoms with Crippen molar-refractivity contribution in [1.29, 1.82) is 0 Å². The molecule has 0 unspecified atom stereocenters. The van der Waals surface area contributed by atoms with Crippen LogP contribution in [0.2, 0.25) is 0 Å². The maximum Gasteiger partial charge on any atom is 0.216 e. The molecular weight excluding hydrogens is 242 g/mol. The monoisotopic (exact) mass is 257 g/mol. The minimum absolute atomic E-state index is 0.323. The normalized spacial score (nSPS) is 12.8. The molecule has 0 saturated heterocycles. The molecule has 0 amide bonds. The highest BCUT2D eigenvalue weighted by Gasteiger charge is 2.23. The maximum absolute atomic E-state index is 11.6. The van der Waals surface area contributed by atoms with Crippen LogP contribution in [0.15, 0.2) is 0 Å². The van der Waals surface area contributed by atoms with E-state index in [2.05, 4.69) is 15.9 Å². The first kappa shape index (κ1) is 12.4. The van der Waals surface area contributed by atoms with Crippen molar-refractivity contribution in [1.82, 2.24) is 4.31 Å². The van der Waals surface area contributed by atoms with Crippen LogP contribution in [0.25, 0.3) is 0 Å². The molecule has 0 aromatic rings. The van der Waals surface area contributed by atoms with Gasteiger partial charge in [-0.05, 0) is 13.8 Å². The van der Waals surface area contributed by atoms with Crippen molar-refractivity contribution in [2.75, 3.05) is 18.4 Å². The summed E-state index contributed by atoms with van der Waals surface area (Å²) in [5, 5.41) is 0.365. The second kappa shape index (κ2) is 5.19. The molecule has 12 heavy (non-hydrogen) atoms. The van der Waals surface area contributed by atoms with E-state index in [-0.39, 0.29) is 5.25 Å². The fourth-order valence-electron chi connectivity index (χ4n) is 0.858. The van der Waals surface area contributed by atoms with Gasteiger partial charge in [-0.3, -0.25) is 0 Å². The summed E-state index contributed by atoms with van der Waals surface area (Å²) in [5.74, 6) is 0. The quantitative estimate of drug-likeness (QED) is 0.700. The Morgan fingerprint density at radius 1 is 1.42 bits per heavy atom. The van der Waals surface area contributed by atoms with Crippen LogP contribution in [0.4, 0.5) is 0 Å². The van der Waals surface area contributed by atoms with E-state index >= 15 is 0 Å². The summed E-state index contributed by atoms with van der Waals surface area (Å²) in [6, 6.07) is 0. The van der Waals surface area contributed by atoms with Crippen molar-refractivity contribution in [3.8, 4) is 0 Å². The van der Waals surface area contributed by atoms with Crippen LogP contribution in [0.1, 0.15) is 20.8 Å². The molecule has 0 aliphatic carbocycles. The van der Waals surface area contributed by atoms with Gasteiger partial charge in [0.1, 0.15) is 0 Å². The third kappa shape index (κ3) is 3.03. The van der Waals surface area contributed by atoms with Gasteiger partial charge in [0.05, 0.1) is 5.25 Å². The minimum Gasteiger partial charge on any atom is -0.212 e. The Morgan fingerprint density at radius 3 is 2.17 bits per heavy atom. The van der Waals surface area contributed by atoms with Crippen molar-refractivity contribution in [3.05, 3.63) is 0 Å². The second-order valence-corrected chi connectivity index (χ2v) is 6.06. The van der Waals surface area contributed by atoms with Crippen molar-refractivity contribution < 1.29 is 8.42 Å². The fraction of sp³-hybridized carbons (Fsp3) is 1.00. The van der Waals surface area contributed by atoms with E-state index < -0.39 is 10.0 Å². The van der Waals surface area contributed by atoms with E-state index in [1.54, 1.807) is 13.8 Å². The number of sulfonamides is 1. The van der Waals surface area contributed by atoms with Crippen molar-refractivity contribution >= 4 is 26.0 Å². The molecular formula is C7H16BrNO2S. The van der Waals surface area contributed by atoms with Crippen LogP contribution in [0, 0.1) is 0 Å². The van der Waals surface area contributed by atoms with Gasteiger partial charge in [-0.2, -0.15) is 0 Å². The van der Waals surface area contributed by atoms with Gasteiger partial charge in [-0.1, -0.05) is 22.9 Å². The lowest BCUT2D eigenvalue weighted by Crippen LogP contribution is -2.37. The number of hydrogen-bond acceptors (Lipinski definition) is 2. The van der Waals surface area contributed by atoms with Gasteiger partial charge in [-0.15, -0.1) is 0 Å². The lowest BCUT2D eigenvalue weighted by atomic mass is 10.6. The van der Waals surface area contributed by atoms with Gasteiger partial charge in [-0.25, -0.2) is 12.7 Å². The van der Waals surface area contributed by atoms with E-state index in [9.17, 15) is 8.42 Å². The highest BCUT2D eigenvalue weighted by Crippen LogP contribution is 2.07. The molecule has 0 aromatic carbocycles. The molecule has 0 heterocycles. The Kier molecular flexibility index (Phi) is 5.36. The summed E-state index contributed by atoms with van der Waals surface area (Å²) in [7, 11) is -3.05. The van der Waals surface area contributed by atoms with E-state index in [0.717, 1.165) is 0 Å². The van der Waals surface area contributed by atoms with Crippen molar-refractivity contribution in [2.24, 2.45) is 0 Å². The van der Waals surface area contributed by atoms with Gasteiger partial charge in [0.15, 0.2) is 0 Å².